The summed E-state index contributed by atoms with van der Waals surface area (Å²) in [5.41, 5.74) is 0.740. The lowest BCUT2D eigenvalue weighted by Crippen LogP contribution is -2.37. The Kier molecular flexibility index (Phi) is 5.59. The van der Waals surface area contributed by atoms with Crippen molar-refractivity contribution in [3.8, 4) is 0 Å². The zero-order valence-corrected chi connectivity index (χ0v) is 12.9. The zero-order chi connectivity index (χ0) is 15.2. The number of anilines is 1. The number of carbonyl (C=O) groups is 2. The van der Waals surface area contributed by atoms with Gasteiger partial charge in [-0.2, -0.15) is 0 Å². The Hall–Kier alpha value is -1.59. The lowest BCUT2D eigenvalue weighted by molar-refractivity contribution is -0.128. The number of halogens is 1. The van der Waals surface area contributed by atoms with Gasteiger partial charge in [-0.3, -0.25) is 14.5 Å². The van der Waals surface area contributed by atoms with Gasteiger partial charge in [-0.25, -0.2) is 0 Å². The molecular weight excluding hydrogens is 290 g/mol. The van der Waals surface area contributed by atoms with Crippen LogP contribution < -0.4 is 5.32 Å². The van der Waals surface area contributed by atoms with Gasteiger partial charge < -0.3 is 10.2 Å². The Morgan fingerprint density at radius 2 is 1.86 bits per heavy atom. The summed E-state index contributed by atoms with van der Waals surface area (Å²) >= 11 is 5.81. The number of nitrogens with one attached hydrogen (secondary N) is 1. The van der Waals surface area contributed by atoms with Crippen LogP contribution in [0.25, 0.3) is 0 Å². The van der Waals surface area contributed by atoms with E-state index in [0.717, 1.165) is 31.7 Å². The molecule has 1 heterocycles. The molecule has 0 radical (unpaired) electrons. The van der Waals surface area contributed by atoms with Gasteiger partial charge >= 0.3 is 0 Å². The maximum atomic E-state index is 12.0. The van der Waals surface area contributed by atoms with E-state index in [-0.39, 0.29) is 11.8 Å². The number of benzene rings is 1. The molecule has 6 heteroatoms. The van der Waals surface area contributed by atoms with E-state index in [4.69, 9.17) is 11.6 Å². The normalized spacial score (nSPS) is 16.4. The van der Waals surface area contributed by atoms with Crippen molar-refractivity contribution in [2.75, 3.05) is 38.0 Å². The lowest BCUT2D eigenvalue weighted by Gasteiger charge is -2.20. The number of hydrogen-bond donors (Lipinski definition) is 1. The van der Waals surface area contributed by atoms with Crippen LogP contribution in [0.3, 0.4) is 0 Å². The molecule has 1 saturated heterocycles. The van der Waals surface area contributed by atoms with E-state index in [2.05, 4.69) is 10.2 Å². The highest BCUT2D eigenvalue weighted by Crippen LogP contribution is 2.13. The molecule has 0 saturated carbocycles. The lowest BCUT2D eigenvalue weighted by atomic mass is 10.3. The van der Waals surface area contributed by atoms with E-state index in [1.807, 2.05) is 4.90 Å². The Bertz CT molecular complexity index is 504. The molecule has 2 amide bonds. The Morgan fingerprint density at radius 3 is 2.52 bits per heavy atom. The monoisotopic (exact) mass is 309 g/mol. The molecule has 1 N–H and O–H groups in total. The second-order valence-electron chi connectivity index (χ2n) is 5.19. The summed E-state index contributed by atoms with van der Waals surface area (Å²) in [6.07, 6.45) is 0.897. The van der Waals surface area contributed by atoms with Gasteiger partial charge in [0, 0.05) is 43.8 Å². The fraction of sp³-hybridized carbons (Fsp3) is 0.467. The van der Waals surface area contributed by atoms with Crippen molar-refractivity contribution in [3.05, 3.63) is 29.3 Å². The first-order chi connectivity index (χ1) is 10.0. The van der Waals surface area contributed by atoms with Crippen LogP contribution >= 0.6 is 11.6 Å². The molecule has 0 unspecified atom stereocenters. The summed E-state index contributed by atoms with van der Waals surface area (Å²) in [5, 5.41) is 3.49. The van der Waals surface area contributed by atoms with Crippen LogP contribution in [0.5, 0.6) is 0 Å². The van der Waals surface area contributed by atoms with Crippen LogP contribution in [-0.4, -0.2) is 54.3 Å². The van der Waals surface area contributed by atoms with Gasteiger partial charge in [0.2, 0.25) is 11.8 Å². The molecule has 5 nitrogen and oxygen atoms in total. The standard InChI is InChI=1S/C15H20ClN3O2/c1-12(20)19-8-2-7-18(9-10-19)11-15(21)17-14-5-3-13(16)4-6-14/h3-6H,2,7-11H2,1H3,(H,17,21). The molecule has 1 aliphatic rings. The molecule has 2 rings (SSSR count). The maximum absolute atomic E-state index is 12.0. The van der Waals surface area contributed by atoms with Gasteiger partial charge in [0.05, 0.1) is 6.54 Å². The first kappa shape index (κ1) is 15.8. The second-order valence-corrected chi connectivity index (χ2v) is 5.63. The molecule has 0 spiro atoms. The molecule has 114 valence electrons. The maximum Gasteiger partial charge on any atom is 0.238 e. The minimum Gasteiger partial charge on any atom is -0.342 e. The van der Waals surface area contributed by atoms with Gasteiger partial charge in [0.15, 0.2) is 0 Å². The topological polar surface area (TPSA) is 52.7 Å². The molecular formula is C15H20ClN3O2. The smallest absolute Gasteiger partial charge is 0.238 e. The zero-order valence-electron chi connectivity index (χ0n) is 12.1. The first-order valence-corrected chi connectivity index (χ1v) is 7.45. The third-order valence-electron chi connectivity index (χ3n) is 3.53. The Balaban J connectivity index is 1.82. The van der Waals surface area contributed by atoms with E-state index in [9.17, 15) is 9.59 Å². The van der Waals surface area contributed by atoms with Crippen LogP contribution in [0.2, 0.25) is 5.02 Å². The summed E-state index contributed by atoms with van der Waals surface area (Å²) in [7, 11) is 0. The summed E-state index contributed by atoms with van der Waals surface area (Å²) in [6, 6.07) is 7.04. The van der Waals surface area contributed by atoms with Crippen LogP contribution in [0.4, 0.5) is 5.69 Å². The molecule has 21 heavy (non-hydrogen) atoms. The molecule has 0 atom stereocenters. The molecule has 0 bridgehead atoms. The summed E-state index contributed by atoms with van der Waals surface area (Å²) in [6.45, 7) is 4.94. The highest BCUT2D eigenvalue weighted by molar-refractivity contribution is 6.30. The summed E-state index contributed by atoms with van der Waals surface area (Å²) < 4.78 is 0. The molecule has 0 aromatic heterocycles. The third kappa shape index (κ3) is 5.02. The van der Waals surface area contributed by atoms with Crippen LogP contribution in [0.15, 0.2) is 24.3 Å². The van der Waals surface area contributed by atoms with Gasteiger partial charge in [-0.15, -0.1) is 0 Å². The third-order valence-corrected chi connectivity index (χ3v) is 3.78. The average Bonchev–Trinajstić information content (AvgIpc) is 2.67. The molecule has 1 aliphatic heterocycles. The minimum absolute atomic E-state index is 0.0476. The molecule has 0 aliphatic carbocycles. The van der Waals surface area contributed by atoms with Crippen molar-refractivity contribution in [1.29, 1.82) is 0 Å². The van der Waals surface area contributed by atoms with Crippen molar-refractivity contribution >= 4 is 29.1 Å². The number of amides is 2. The van der Waals surface area contributed by atoms with E-state index in [1.165, 1.54) is 0 Å². The molecule has 1 aromatic carbocycles. The van der Waals surface area contributed by atoms with E-state index >= 15 is 0 Å². The van der Waals surface area contributed by atoms with Gasteiger partial charge in [-0.1, -0.05) is 11.6 Å². The number of nitrogens with zero attached hydrogens (tertiary/aromatic N) is 2. The fourth-order valence-corrected chi connectivity index (χ4v) is 2.51. The van der Waals surface area contributed by atoms with Crippen molar-refractivity contribution < 1.29 is 9.59 Å². The van der Waals surface area contributed by atoms with Crippen molar-refractivity contribution in [1.82, 2.24) is 9.80 Å². The van der Waals surface area contributed by atoms with Crippen LogP contribution in [0, 0.1) is 0 Å². The largest absolute Gasteiger partial charge is 0.342 e. The average molecular weight is 310 g/mol. The molecule has 1 fully saturated rings. The van der Waals surface area contributed by atoms with Gasteiger partial charge in [0.1, 0.15) is 0 Å². The van der Waals surface area contributed by atoms with Crippen molar-refractivity contribution in [2.24, 2.45) is 0 Å². The first-order valence-electron chi connectivity index (χ1n) is 7.08. The summed E-state index contributed by atoms with van der Waals surface area (Å²) in [5.74, 6) is 0.0519. The Labute approximate surface area is 129 Å². The predicted octanol–water partition coefficient (Wildman–Crippen LogP) is 1.83. The van der Waals surface area contributed by atoms with Crippen molar-refractivity contribution in [3.63, 3.8) is 0 Å². The highest BCUT2D eigenvalue weighted by Gasteiger charge is 2.18. The SMILES string of the molecule is CC(=O)N1CCCN(CC(=O)Nc2ccc(Cl)cc2)CC1. The number of rotatable bonds is 3. The van der Waals surface area contributed by atoms with E-state index < -0.39 is 0 Å². The van der Waals surface area contributed by atoms with Crippen molar-refractivity contribution in [2.45, 2.75) is 13.3 Å². The van der Waals surface area contributed by atoms with Gasteiger partial charge in [-0.05, 0) is 30.7 Å². The summed E-state index contributed by atoms with van der Waals surface area (Å²) in [4.78, 5) is 27.3. The minimum atomic E-state index is -0.0476. The fourth-order valence-electron chi connectivity index (χ4n) is 2.38. The van der Waals surface area contributed by atoms with E-state index in [0.29, 0.717) is 18.1 Å². The Morgan fingerprint density at radius 1 is 1.14 bits per heavy atom. The second kappa shape index (κ2) is 7.43. The van der Waals surface area contributed by atoms with E-state index in [1.54, 1.807) is 31.2 Å². The number of carbonyl (C=O) groups excluding carboxylic acids is 2. The number of hydrogen-bond acceptors (Lipinski definition) is 3. The quantitative estimate of drug-likeness (QED) is 0.927. The highest BCUT2D eigenvalue weighted by atomic mass is 35.5. The van der Waals surface area contributed by atoms with Crippen LogP contribution in [-0.2, 0) is 9.59 Å². The molecule has 1 aromatic rings. The van der Waals surface area contributed by atoms with Gasteiger partial charge in [0.25, 0.3) is 0 Å². The van der Waals surface area contributed by atoms with Crippen LogP contribution in [0.1, 0.15) is 13.3 Å². The predicted molar refractivity (Wildman–Crippen MR) is 83.4 cm³/mol.